The number of hydrogen-bond donors (Lipinski definition) is 4. The van der Waals surface area contributed by atoms with Crippen LogP contribution < -0.4 is 32.9 Å². The van der Waals surface area contributed by atoms with Crippen LogP contribution in [0.25, 0.3) is 54.8 Å². The molecule has 0 atom stereocenters. The van der Waals surface area contributed by atoms with E-state index in [0.717, 1.165) is 13.9 Å². The standard InChI is InChI=1S/C28H14O8.C26H18O6.C17H14INO4/c29-23-13-7-1-4-10-16(13)33-26(30)20(23)19-21-24(14-8-2-5-11-17(14)34-27(21)31)36-25-15-9-3-6-12-18(15)35-28(32)22(19)25;1-14-10-12-15(13-11-14)20(21-23(27)16-6-2-4-8-18(16)31-25(21)29)22-24(28)17-7-3-5-9-19(17)32-26(22)30;1-10-7-12(4-6-15(10)19(2)23)16(20)8-11-3-5-13(18)9-14(11)17(21)22/h1-12,19,29H;2-13,20,27-28H,1H3;3-7,9H,8H2,1-2H3/p+1. The molecule has 13 aromatic rings. The van der Waals surface area contributed by atoms with E-state index in [4.69, 9.17) is 26.8 Å². The second-order valence-electron chi connectivity index (χ2n) is 21.3. The van der Waals surface area contributed by atoms with Crippen molar-refractivity contribution in [1.82, 2.24) is 0 Å². The van der Waals surface area contributed by atoms with Crippen molar-refractivity contribution in [3.8, 4) is 28.7 Å². The van der Waals surface area contributed by atoms with Gasteiger partial charge >= 0.3 is 34.1 Å². The van der Waals surface area contributed by atoms with E-state index in [1.165, 1.54) is 13.1 Å². The van der Waals surface area contributed by atoms with E-state index in [1.807, 2.05) is 41.6 Å². The predicted octanol–water partition coefficient (Wildman–Crippen LogP) is 13.6. The number of fused-ring (bicyclic) bond motifs is 9. The van der Waals surface area contributed by atoms with Crippen molar-refractivity contribution in [2.45, 2.75) is 32.1 Å². The van der Waals surface area contributed by atoms with Gasteiger partial charge in [0, 0.05) is 36.9 Å². The number of rotatable bonds is 9. The van der Waals surface area contributed by atoms with E-state index >= 15 is 0 Å². The first-order valence-corrected chi connectivity index (χ1v) is 29.0. The summed E-state index contributed by atoms with van der Waals surface area (Å²) >= 11 is 2.03. The van der Waals surface area contributed by atoms with E-state index in [0.29, 0.717) is 49.5 Å². The van der Waals surface area contributed by atoms with Crippen molar-refractivity contribution in [3.05, 3.63) is 304 Å². The summed E-state index contributed by atoms with van der Waals surface area (Å²) in [5, 5.41) is 44.6. The Labute approximate surface area is 525 Å². The van der Waals surface area contributed by atoms with E-state index in [9.17, 15) is 58.9 Å². The molecule has 0 amide bonds. The lowest BCUT2D eigenvalue weighted by atomic mass is 9.83. The number of aryl methyl sites for hydroxylation is 2. The highest BCUT2D eigenvalue weighted by atomic mass is 127. The number of carboxylic acid groups (broad SMARTS) is 1. The summed E-state index contributed by atoms with van der Waals surface area (Å²) in [5.41, 5.74) is -0.0591. The maximum atomic E-state index is 13.3. The molecule has 0 unspecified atom stereocenters. The molecule has 5 aromatic heterocycles. The Morgan fingerprint density at radius 2 is 0.923 bits per heavy atom. The van der Waals surface area contributed by atoms with Gasteiger partial charge in [-0.25, -0.2) is 28.8 Å². The molecule has 8 aromatic carbocycles. The molecule has 0 saturated heterocycles. The van der Waals surface area contributed by atoms with Crippen LogP contribution in [-0.4, -0.2) is 44.0 Å². The third-order valence-electron chi connectivity index (χ3n) is 15.6. The molecular formula is C71H47INO18+. The number of Topliss-reactive ketones (excluding diaryl/α,β-unsaturated/α-hetero) is 1. The third-order valence-corrected chi connectivity index (χ3v) is 16.3. The number of nitrogens with zero attached hydrogens (tertiary/aromatic N) is 1. The number of ether oxygens (including phenoxy) is 1. The molecule has 0 spiro atoms. The van der Waals surface area contributed by atoms with Gasteiger partial charge in [0.15, 0.2) is 12.8 Å². The summed E-state index contributed by atoms with van der Waals surface area (Å²) < 4.78 is 35.3. The summed E-state index contributed by atoms with van der Waals surface area (Å²) in [4.78, 5) is 101. The normalized spacial score (nSPS) is 11.8. The fourth-order valence-electron chi connectivity index (χ4n) is 11.3. The molecule has 91 heavy (non-hydrogen) atoms. The summed E-state index contributed by atoms with van der Waals surface area (Å²) in [6, 6.07) is 50.1. The van der Waals surface area contributed by atoms with E-state index < -0.39 is 51.7 Å². The number of benzene rings is 8. The van der Waals surface area contributed by atoms with Gasteiger partial charge in [-0.3, -0.25) is 4.79 Å². The van der Waals surface area contributed by atoms with Crippen LogP contribution in [0.15, 0.2) is 228 Å². The number of carbonyl (C=O) groups is 2. The van der Waals surface area contributed by atoms with Gasteiger partial charge in [-0.05, 0) is 132 Å². The average Bonchev–Trinajstić information content (AvgIpc) is 0.741. The van der Waals surface area contributed by atoms with Gasteiger partial charge in [-0.1, -0.05) is 96.6 Å². The van der Waals surface area contributed by atoms with Gasteiger partial charge in [-0.2, -0.15) is 0 Å². The number of aromatic carboxylic acids is 1. The molecule has 0 saturated carbocycles. The van der Waals surface area contributed by atoms with Gasteiger partial charge in [0.1, 0.15) is 56.7 Å². The summed E-state index contributed by atoms with van der Waals surface area (Å²) in [5.74, 6) is -4.50. The smallest absolute Gasteiger partial charge is 0.344 e. The molecule has 20 heteroatoms. The third kappa shape index (κ3) is 11.1. The lowest BCUT2D eigenvalue weighted by Gasteiger charge is -2.27. The fourth-order valence-corrected chi connectivity index (χ4v) is 11.8. The van der Waals surface area contributed by atoms with E-state index in [2.05, 4.69) is 0 Å². The summed E-state index contributed by atoms with van der Waals surface area (Å²) in [6.07, 6.45) is 0.00452. The van der Waals surface area contributed by atoms with Crippen LogP contribution >= 0.6 is 22.6 Å². The predicted molar refractivity (Wildman–Crippen MR) is 345 cm³/mol. The van der Waals surface area contributed by atoms with Crippen LogP contribution in [0, 0.1) is 22.3 Å². The van der Waals surface area contributed by atoms with Gasteiger partial charge in [0.2, 0.25) is 0 Å². The van der Waals surface area contributed by atoms with Gasteiger partial charge in [0.25, 0.3) is 5.69 Å². The summed E-state index contributed by atoms with van der Waals surface area (Å²) in [7, 11) is 1.40. The molecule has 4 N–H and O–H groups in total. The monoisotopic (exact) mass is 1330 g/mol. The number of para-hydroxylation sites is 5. The highest BCUT2D eigenvalue weighted by Crippen LogP contribution is 2.51. The second-order valence-corrected chi connectivity index (χ2v) is 22.5. The SMILES string of the molecule is Cc1cc(C(=O)Cc2ccc(I)cc2C(=O)O)ccc1[N+](C)=O.Cc1ccc(C(c2c(O)c3ccccc3oc2=O)c2c(O)c3ccccc3oc2=O)cc1.O=c1oc2ccccc2c(O)c1C1c2c(c3ccccc3oc2=O)Oc2c1c(=O)oc1ccccc21. The van der Waals surface area contributed by atoms with Gasteiger partial charge in [-0.15, -0.1) is 0 Å². The zero-order chi connectivity index (χ0) is 64.1. The molecule has 1 aliphatic heterocycles. The van der Waals surface area contributed by atoms with E-state index in [-0.39, 0.29) is 102 Å². The molecule has 0 fully saturated rings. The minimum atomic E-state index is -1.37. The molecule has 0 aliphatic carbocycles. The first kappa shape index (κ1) is 59.8. The lowest BCUT2D eigenvalue weighted by Crippen LogP contribution is -2.29. The number of aromatic hydroxyl groups is 3. The van der Waals surface area contributed by atoms with E-state index in [1.54, 1.807) is 171 Å². The number of ketones is 1. The Hall–Kier alpha value is -11.5. The van der Waals surface area contributed by atoms with Crippen LogP contribution in [-0.2, 0) is 6.42 Å². The van der Waals surface area contributed by atoms with Crippen LogP contribution in [0.2, 0.25) is 0 Å². The molecular weight excluding hydrogens is 1280 g/mol. The maximum Gasteiger partial charge on any atom is 0.344 e. The molecule has 1 aliphatic rings. The van der Waals surface area contributed by atoms with Gasteiger partial charge < -0.3 is 47.2 Å². The summed E-state index contributed by atoms with van der Waals surface area (Å²) in [6.45, 7) is 3.66. The molecule has 450 valence electrons. The van der Waals surface area contributed by atoms with Crippen molar-refractivity contribution >= 4 is 94.9 Å². The van der Waals surface area contributed by atoms with Crippen LogP contribution in [0.3, 0.4) is 0 Å². The maximum absolute atomic E-state index is 13.3. The minimum absolute atomic E-state index is 0.00452. The van der Waals surface area contributed by atoms with Crippen molar-refractivity contribution in [1.29, 1.82) is 0 Å². The van der Waals surface area contributed by atoms with Crippen LogP contribution in [0.1, 0.15) is 82.6 Å². The zero-order valence-electron chi connectivity index (χ0n) is 48.0. The minimum Gasteiger partial charge on any atom is -0.507 e. The quantitative estimate of drug-likeness (QED) is 0.0452. The second kappa shape index (κ2) is 24.2. The van der Waals surface area contributed by atoms with Crippen LogP contribution in [0.4, 0.5) is 5.69 Å². The van der Waals surface area contributed by atoms with Crippen molar-refractivity contribution in [2.75, 3.05) is 7.05 Å². The number of hydrogen-bond acceptors (Lipinski definition) is 17. The largest absolute Gasteiger partial charge is 0.507 e. The Bertz CT molecular complexity index is 5270. The first-order chi connectivity index (χ1) is 43.8. The Morgan fingerprint density at radius 3 is 1.37 bits per heavy atom. The number of carbonyl (C=O) groups excluding carboxylic acids is 1. The Balaban J connectivity index is 0.000000135. The van der Waals surface area contributed by atoms with Crippen molar-refractivity contribution < 1.29 is 61.6 Å². The highest BCUT2D eigenvalue weighted by molar-refractivity contribution is 14.1. The zero-order valence-corrected chi connectivity index (χ0v) is 50.2. The Kier molecular flexibility index (Phi) is 15.9. The average molecular weight is 1330 g/mol. The van der Waals surface area contributed by atoms with Crippen molar-refractivity contribution in [3.63, 3.8) is 0 Å². The highest BCUT2D eigenvalue weighted by Gasteiger charge is 2.42. The fraction of sp³-hybridized carbons (Fsp3) is 0.0845. The first-order valence-electron chi connectivity index (χ1n) is 27.9. The Morgan fingerprint density at radius 1 is 0.505 bits per heavy atom. The van der Waals surface area contributed by atoms with Gasteiger partial charge in [0.05, 0.1) is 72.1 Å². The number of carboxylic acids is 1. The lowest BCUT2D eigenvalue weighted by molar-refractivity contribution is -0.428. The topological polar surface area (TPSA) is 295 Å². The molecule has 0 radical (unpaired) electrons. The molecule has 0 bridgehead atoms. The molecule has 14 rings (SSSR count). The number of halogens is 1. The van der Waals surface area contributed by atoms with Crippen LogP contribution in [0.5, 0.6) is 28.7 Å². The van der Waals surface area contributed by atoms with Crippen molar-refractivity contribution in [2.24, 2.45) is 0 Å². The molecule has 6 heterocycles. The number of nitroso groups, excluding NO2 is 1. The molecule has 19 nitrogen and oxygen atoms in total.